The zero-order valence-corrected chi connectivity index (χ0v) is 15.4. The number of rotatable bonds is 7. The molecule has 3 N–H and O–H groups in total. The molecule has 0 bridgehead atoms. The van der Waals surface area contributed by atoms with Gasteiger partial charge in [0, 0.05) is 25.2 Å². The number of carbonyl (C=O) groups excluding carboxylic acids is 2. The second-order valence-corrected chi connectivity index (χ2v) is 6.69. The molecule has 144 valence electrons. The van der Waals surface area contributed by atoms with Crippen LogP contribution in [0.25, 0.3) is 11.3 Å². The van der Waals surface area contributed by atoms with E-state index in [2.05, 4.69) is 10.2 Å². The Morgan fingerprint density at radius 1 is 1.33 bits per heavy atom. The molecule has 2 aromatic rings. The lowest BCUT2D eigenvalue weighted by atomic mass is 9.97. The van der Waals surface area contributed by atoms with Gasteiger partial charge in [-0.05, 0) is 43.7 Å². The molecule has 0 aliphatic carbocycles. The molecule has 0 spiro atoms. The van der Waals surface area contributed by atoms with Crippen molar-refractivity contribution in [1.82, 2.24) is 10.2 Å². The first-order valence-corrected chi connectivity index (χ1v) is 9.11. The van der Waals surface area contributed by atoms with Gasteiger partial charge in [-0.15, -0.1) is 0 Å². The van der Waals surface area contributed by atoms with E-state index in [0.29, 0.717) is 25.4 Å². The number of hydrogen-bond acceptors (Lipinski definition) is 5. The van der Waals surface area contributed by atoms with E-state index in [1.165, 1.54) is 0 Å². The number of primary amides is 1. The summed E-state index contributed by atoms with van der Waals surface area (Å²) in [7, 11) is 1.61. The third-order valence-electron chi connectivity index (χ3n) is 4.81. The highest BCUT2D eigenvalue weighted by molar-refractivity contribution is 5.92. The smallest absolute Gasteiger partial charge is 0.287 e. The van der Waals surface area contributed by atoms with E-state index in [9.17, 15) is 9.59 Å². The third kappa shape index (κ3) is 4.89. The summed E-state index contributed by atoms with van der Waals surface area (Å²) in [6.07, 6.45) is 1.79. The summed E-state index contributed by atoms with van der Waals surface area (Å²) >= 11 is 0. The van der Waals surface area contributed by atoms with E-state index < -0.39 is 0 Å². The number of nitrogens with two attached hydrogens (primary N) is 1. The van der Waals surface area contributed by atoms with Crippen LogP contribution < -0.4 is 15.8 Å². The summed E-state index contributed by atoms with van der Waals surface area (Å²) in [5, 5.41) is 2.86. The summed E-state index contributed by atoms with van der Waals surface area (Å²) in [6, 6.07) is 10.9. The monoisotopic (exact) mass is 371 g/mol. The Labute approximate surface area is 158 Å². The van der Waals surface area contributed by atoms with Gasteiger partial charge in [0.15, 0.2) is 5.76 Å². The quantitative estimate of drug-likeness (QED) is 0.774. The van der Waals surface area contributed by atoms with E-state index in [1.54, 1.807) is 19.2 Å². The van der Waals surface area contributed by atoms with E-state index in [-0.39, 0.29) is 23.5 Å². The van der Waals surface area contributed by atoms with Crippen LogP contribution in [-0.2, 0) is 4.79 Å². The molecule has 7 heteroatoms. The van der Waals surface area contributed by atoms with Crippen LogP contribution in [0.4, 0.5) is 0 Å². The lowest BCUT2D eigenvalue weighted by Gasteiger charge is -2.30. The largest absolute Gasteiger partial charge is 0.497 e. The van der Waals surface area contributed by atoms with E-state index in [1.807, 2.05) is 24.3 Å². The molecule has 0 unspecified atom stereocenters. The molecule has 1 aromatic carbocycles. The molecule has 1 atom stereocenters. The molecule has 1 aliphatic heterocycles. The van der Waals surface area contributed by atoms with Crippen LogP contribution in [-0.4, -0.2) is 50.0 Å². The highest BCUT2D eigenvalue weighted by Gasteiger charge is 2.23. The molecule has 1 saturated heterocycles. The maximum atomic E-state index is 12.3. The fourth-order valence-electron chi connectivity index (χ4n) is 3.30. The molecule has 0 radical (unpaired) electrons. The number of likely N-dealkylation sites (tertiary alicyclic amines) is 1. The van der Waals surface area contributed by atoms with Gasteiger partial charge in [0.1, 0.15) is 11.5 Å². The molecule has 7 nitrogen and oxygen atoms in total. The second-order valence-electron chi connectivity index (χ2n) is 6.69. The van der Waals surface area contributed by atoms with Gasteiger partial charge in [-0.2, -0.15) is 0 Å². The average Bonchev–Trinajstić information content (AvgIpc) is 3.18. The molecular formula is C20H25N3O4. The highest BCUT2D eigenvalue weighted by atomic mass is 16.5. The standard InChI is InChI=1S/C20H25N3O4/c1-26-16-6-2-4-14(12-16)17-7-8-18(27-17)20(25)22-9-11-23-10-3-5-15(13-23)19(21)24/h2,4,6-8,12,15H,3,5,9-11,13H2,1H3,(H2,21,24)(H,22,25)/t15-/m0/s1. The van der Waals surface area contributed by atoms with Crippen molar-refractivity contribution in [3.63, 3.8) is 0 Å². The fraction of sp³-hybridized carbons (Fsp3) is 0.400. The van der Waals surface area contributed by atoms with Crippen LogP contribution in [0, 0.1) is 5.92 Å². The summed E-state index contributed by atoms with van der Waals surface area (Å²) in [4.78, 5) is 25.8. The van der Waals surface area contributed by atoms with Gasteiger partial charge < -0.3 is 25.1 Å². The Kier molecular flexibility index (Phi) is 6.13. The van der Waals surface area contributed by atoms with Crippen molar-refractivity contribution < 1.29 is 18.7 Å². The molecule has 2 heterocycles. The van der Waals surface area contributed by atoms with Crippen molar-refractivity contribution in [2.75, 3.05) is 33.3 Å². The van der Waals surface area contributed by atoms with Crippen LogP contribution in [0.2, 0.25) is 0 Å². The predicted octanol–water partition coefficient (Wildman–Crippen LogP) is 1.88. The van der Waals surface area contributed by atoms with Gasteiger partial charge in [-0.3, -0.25) is 9.59 Å². The third-order valence-corrected chi connectivity index (χ3v) is 4.81. The van der Waals surface area contributed by atoms with E-state index in [4.69, 9.17) is 14.9 Å². The molecule has 1 aromatic heterocycles. The maximum Gasteiger partial charge on any atom is 0.287 e. The van der Waals surface area contributed by atoms with Crippen LogP contribution in [0.3, 0.4) is 0 Å². The summed E-state index contributed by atoms with van der Waals surface area (Å²) in [6.45, 7) is 2.74. The lowest BCUT2D eigenvalue weighted by Crippen LogP contribution is -2.44. The summed E-state index contributed by atoms with van der Waals surface area (Å²) in [5.74, 6) is 1.01. The first-order chi connectivity index (χ1) is 13.1. The van der Waals surface area contributed by atoms with Crippen LogP contribution in [0.15, 0.2) is 40.8 Å². The minimum Gasteiger partial charge on any atom is -0.497 e. The molecule has 1 fully saturated rings. The number of nitrogens with one attached hydrogen (secondary N) is 1. The maximum absolute atomic E-state index is 12.3. The SMILES string of the molecule is COc1cccc(-c2ccc(C(=O)NCCN3CCC[C@H](C(N)=O)C3)o2)c1. The van der Waals surface area contributed by atoms with Crippen LogP contribution >= 0.6 is 0 Å². The summed E-state index contributed by atoms with van der Waals surface area (Å²) in [5.41, 5.74) is 6.24. The van der Waals surface area contributed by atoms with E-state index in [0.717, 1.165) is 30.7 Å². The van der Waals surface area contributed by atoms with E-state index >= 15 is 0 Å². The predicted molar refractivity (Wildman–Crippen MR) is 101 cm³/mol. The van der Waals surface area contributed by atoms with Crippen molar-refractivity contribution in [2.24, 2.45) is 11.7 Å². The normalized spacial score (nSPS) is 17.4. The number of benzene rings is 1. The molecule has 0 saturated carbocycles. The number of ether oxygens (including phenoxy) is 1. The number of carbonyl (C=O) groups is 2. The zero-order valence-electron chi connectivity index (χ0n) is 15.4. The molecule has 3 rings (SSSR count). The van der Waals surface area contributed by atoms with Gasteiger partial charge in [-0.1, -0.05) is 12.1 Å². The number of hydrogen-bond donors (Lipinski definition) is 2. The lowest BCUT2D eigenvalue weighted by molar-refractivity contribution is -0.123. The second kappa shape index (κ2) is 8.73. The number of furan rings is 1. The highest BCUT2D eigenvalue weighted by Crippen LogP contribution is 2.25. The molecule has 2 amide bonds. The number of methoxy groups -OCH3 is 1. The minimum absolute atomic E-state index is 0.0926. The topological polar surface area (TPSA) is 97.8 Å². The van der Waals surface area contributed by atoms with Gasteiger partial charge in [0.2, 0.25) is 5.91 Å². The van der Waals surface area contributed by atoms with Crippen molar-refractivity contribution in [1.29, 1.82) is 0 Å². The van der Waals surface area contributed by atoms with Gasteiger partial charge in [0.25, 0.3) is 5.91 Å². The van der Waals surface area contributed by atoms with Crippen molar-refractivity contribution >= 4 is 11.8 Å². The van der Waals surface area contributed by atoms with Gasteiger partial charge >= 0.3 is 0 Å². The van der Waals surface area contributed by atoms with Crippen molar-refractivity contribution in [3.8, 4) is 17.1 Å². The Morgan fingerprint density at radius 2 is 2.19 bits per heavy atom. The first kappa shape index (κ1) is 19.0. The molecule has 1 aliphatic rings. The zero-order chi connectivity index (χ0) is 19.2. The van der Waals surface area contributed by atoms with Crippen LogP contribution in [0.5, 0.6) is 5.75 Å². The Balaban J connectivity index is 1.51. The molecule has 27 heavy (non-hydrogen) atoms. The Morgan fingerprint density at radius 3 is 2.96 bits per heavy atom. The van der Waals surface area contributed by atoms with Gasteiger partial charge in [0.05, 0.1) is 13.0 Å². The number of piperidine rings is 1. The van der Waals surface area contributed by atoms with Crippen molar-refractivity contribution in [2.45, 2.75) is 12.8 Å². The number of amides is 2. The van der Waals surface area contributed by atoms with Crippen molar-refractivity contribution in [3.05, 3.63) is 42.2 Å². The minimum atomic E-state index is -0.257. The van der Waals surface area contributed by atoms with Gasteiger partial charge in [-0.25, -0.2) is 0 Å². The molecular weight excluding hydrogens is 346 g/mol. The first-order valence-electron chi connectivity index (χ1n) is 9.11. The number of nitrogens with zero attached hydrogens (tertiary/aromatic N) is 1. The summed E-state index contributed by atoms with van der Waals surface area (Å²) < 4.78 is 10.9. The Hall–Kier alpha value is -2.80. The van der Waals surface area contributed by atoms with Crippen LogP contribution in [0.1, 0.15) is 23.4 Å². The fourth-order valence-corrected chi connectivity index (χ4v) is 3.30. The Bertz CT molecular complexity index is 802. The average molecular weight is 371 g/mol.